The fraction of sp³-hybridized carbons (Fsp3) is 0.0769. The smallest absolute Gasteiger partial charge is 0.281 e. The Bertz CT molecular complexity index is 1020. The highest BCUT2D eigenvalue weighted by Crippen LogP contribution is 2.44. The molecule has 0 heterocycles. The summed E-state index contributed by atoms with van der Waals surface area (Å²) in [6, 6.07) is 35.7. The zero-order valence-corrected chi connectivity index (χ0v) is 16.2. The van der Waals surface area contributed by atoms with Crippen molar-refractivity contribution in [2.24, 2.45) is 0 Å². The van der Waals surface area contributed by atoms with Crippen LogP contribution in [0.3, 0.4) is 0 Å². The van der Waals surface area contributed by atoms with Crippen LogP contribution in [0.1, 0.15) is 27.8 Å². The summed E-state index contributed by atoms with van der Waals surface area (Å²) < 4.78 is 26.4. The third kappa shape index (κ3) is 3.49. The van der Waals surface area contributed by atoms with E-state index in [1.54, 1.807) is 0 Å². The standard InChI is InChI=1S/C26H21BF2/c1-20-12-14-23(15-13-20)26(21-8-4-2-5-9-21,22-10-6-3-7-11-22)24-16-18-25(19-17-24)27(28)29/h2-19H,1H3. The Morgan fingerprint density at radius 3 is 1.31 bits per heavy atom. The van der Waals surface area contributed by atoms with Crippen molar-refractivity contribution < 1.29 is 8.63 Å². The van der Waals surface area contributed by atoms with Crippen LogP contribution in [0, 0.1) is 6.92 Å². The molecule has 0 fully saturated rings. The van der Waals surface area contributed by atoms with Crippen LogP contribution in [0.2, 0.25) is 0 Å². The first kappa shape index (κ1) is 19.1. The molecule has 0 saturated carbocycles. The van der Waals surface area contributed by atoms with Gasteiger partial charge in [0, 0.05) is 0 Å². The van der Waals surface area contributed by atoms with Crippen LogP contribution in [0.5, 0.6) is 0 Å². The first-order valence-corrected chi connectivity index (χ1v) is 9.69. The molecule has 142 valence electrons. The van der Waals surface area contributed by atoms with Gasteiger partial charge in [-0.25, -0.2) is 0 Å². The predicted octanol–water partition coefficient (Wildman–Crippen LogP) is 6.01. The SMILES string of the molecule is Cc1ccc(C(c2ccccc2)(c2ccccc2)c2ccc(B(F)F)cc2)cc1. The molecule has 0 spiro atoms. The number of hydrogen-bond donors (Lipinski definition) is 0. The van der Waals surface area contributed by atoms with Gasteiger partial charge in [-0.2, -0.15) is 0 Å². The normalized spacial score (nSPS) is 11.3. The van der Waals surface area contributed by atoms with Crippen molar-refractivity contribution in [2.45, 2.75) is 12.3 Å². The topological polar surface area (TPSA) is 0 Å². The second-order valence-corrected chi connectivity index (χ2v) is 7.27. The average Bonchev–Trinajstić information content (AvgIpc) is 2.77. The van der Waals surface area contributed by atoms with Crippen molar-refractivity contribution >= 4 is 12.7 Å². The van der Waals surface area contributed by atoms with Gasteiger partial charge in [-0.05, 0) is 34.6 Å². The van der Waals surface area contributed by atoms with E-state index in [2.05, 4.69) is 55.5 Å². The molecule has 0 N–H and O–H groups in total. The lowest BCUT2D eigenvalue weighted by atomic mass is 9.64. The molecule has 0 aliphatic rings. The summed E-state index contributed by atoms with van der Waals surface area (Å²) in [4.78, 5) is 0. The van der Waals surface area contributed by atoms with E-state index >= 15 is 0 Å². The average molecular weight is 382 g/mol. The second kappa shape index (κ2) is 8.04. The molecule has 0 aliphatic carbocycles. The molecule has 0 atom stereocenters. The molecule has 0 bridgehead atoms. The molecule has 29 heavy (non-hydrogen) atoms. The summed E-state index contributed by atoms with van der Waals surface area (Å²) in [6.07, 6.45) is 0. The van der Waals surface area contributed by atoms with Crippen molar-refractivity contribution in [3.05, 3.63) is 137 Å². The predicted molar refractivity (Wildman–Crippen MR) is 117 cm³/mol. The number of halogens is 2. The molecular formula is C26H21BF2. The highest BCUT2D eigenvalue weighted by atomic mass is 19.2. The first-order valence-electron chi connectivity index (χ1n) is 9.69. The van der Waals surface area contributed by atoms with Gasteiger partial charge in [0.15, 0.2) is 0 Å². The first-order chi connectivity index (χ1) is 14.1. The number of aryl methyl sites for hydroxylation is 1. The van der Waals surface area contributed by atoms with Crippen LogP contribution in [0.15, 0.2) is 109 Å². The maximum atomic E-state index is 13.2. The van der Waals surface area contributed by atoms with Crippen molar-refractivity contribution in [2.75, 3.05) is 0 Å². The van der Waals surface area contributed by atoms with Crippen LogP contribution >= 0.6 is 0 Å². The van der Waals surface area contributed by atoms with Crippen LogP contribution < -0.4 is 5.46 Å². The fourth-order valence-electron chi connectivity index (χ4n) is 4.06. The molecule has 0 nitrogen and oxygen atoms in total. The number of rotatable bonds is 5. The summed E-state index contributed by atoms with van der Waals surface area (Å²) in [5.74, 6) is 0. The van der Waals surface area contributed by atoms with Crippen molar-refractivity contribution in [1.29, 1.82) is 0 Å². The monoisotopic (exact) mass is 382 g/mol. The number of hydrogen-bond acceptors (Lipinski definition) is 0. The Kier molecular flexibility index (Phi) is 5.31. The fourth-order valence-corrected chi connectivity index (χ4v) is 4.06. The van der Waals surface area contributed by atoms with E-state index < -0.39 is 12.7 Å². The van der Waals surface area contributed by atoms with E-state index in [4.69, 9.17) is 0 Å². The Morgan fingerprint density at radius 1 is 0.517 bits per heavy atom. The largest absolute Gasteiger partial charge is 0.571 e. The molecule has 0 unspecified atom stereocenters. The molecule has 4 aromatic carbocycles. The van der Waals surface area contributed by atoms with Gasteiger partial charge in [0.05, 0.1) is 5.41 Å². The minimum Gasteiger partial charge on any atom is -0.281 e. The zero-order chi connectivity index (χ0) is 20.3. The highest BCUT2D eigenvalue weighted by Gasteiger charge is 2.38. The van der Waals surface area contributed by atoms with E-state index in [0.717, 1.165) is 22.3 Å². The molecule has 4 rings (SSSR count). The molecule has 0 aromatic heterocycles. The van der Waals surface area contributed by atoms with E-state index in [1.165, 1.54) is 17.7 Å². The molecule has 3 heteroatoms. The third-order valence-corrected chi connectivity index (χ3v) is 5.49. The van der Waals surface area contributed by atoms with Gasteiger partial charge in [-0.15, -0.1) is 0 Å². The molecule has 4 aromatic rings. The van der Waals surface area contributed by atoms with Crippen molar-refractivity contribution in [1.82, 2.24) is 0 Å². The Morgan fingerprint density at radius 2 is 0.897 bits per heavy atom. The summed E-state index contributed by atoms with van der Waals surface area (Å²) in [6.45, 7) is 2.06. The molecule has 0 radical (unpaired) electrons. The van der Waals surface area contributed by atoms with Gasteiger partial charge in [-0.3, -0.25) is 8.63 Å². The lowest BCUT2D eigenvalue weighted by molar-refractivity contribution is 0.684. The summed E-state index contributed by atoms with van der Waals surface area (Å²) in [7, 11) is -2.48. The summed E-state index contributed by atoms with van der Waals surface area (Å²) in [5, 5.41) is 0. The van der Waals surface area contributed by atoms with Gasteiger partial charge < -0.3 is 0 Å². The highest BCUT2D eigenvalue weighted by molar-refractivity contribution is 6.59. The second-order valence-electron chi connectivity index (χ2n) is 7.27. The van der Waals surface area contributed by atoms with Gasteiger partial charge in [-0.1, -0.05) is 115 Å². The quantitative estimate of drug-likeness (QED) is 0.293. The van der Waals surface area contributed by atoms with E-state index in [9.17, 15) is 8.63 Å². The van der Waals surface area contributed by atoms with Gasteiger partial charge in [0.25, 0.3) is 0 Å². The molecule has 0 aliphatic heterocycles. The van der Waals surface area contributed by atoms with Crippen molar-refractivity contribution in [3.8, 4) is 0 Å². The Hall–Kier alpha value is -3.20. The Labute approximate surface area is 171 Å². The van der Waals surface area contributed by atoms with E-state index in [1.807, 2.05) is 48.5 Å². The molecule has 0 amide bonds. The summed E-state index contributed by atoms with van der Waals surface area (Å²) in [5.41, 5.74) is 4.87. The lowest BCUT2D eigenvalue weighted by Gasteiger charge is -2.37. The van der Waals surface area contributed by atoms with Crippen LogP contribution in [0.4, 0.5) is 8.63 Å². The molecular weight excluding hydrogens is 361 g/mol. The molecule has 0 saturated heterocycles. The van der Waals surface area contributed by atoms with Crippen LogP contribution in [-0.2, 0) is 5.41 Å². The van der Waals surface area contributed by atoms with Crippen LogP contribution in [-0.4, -0.2) is 7.27 Å². The number of benzene rings is 4. The Balaban J connectivity index is 2.07. The minimum atomic E-state index is -2.48. The summed E-state index contributed by atoms with van der Waals surface area (Å²) >= 11 is 0. The zero-order valence-electron chi connectivity index (χ0n) is 16.2. The maximum Gasteiger partial charge on any atom is 0.571 e. The van der Waals surface area contributed by atoms with Crippen molar-refractivity contribution in [3.63, 3.8) is 0 Å². The third-order valence-electron chi connectivity index (χ3n) is 5.49. The minimum absolute atomic E-state index is 0.0349. The van der Waals surface area contributed by atoms with Gasteiger partial charge in [0.2, 0.25) is 0 Å². The van der Waals surface area contributed by atoms with E-state index in [-0.39, 0.29) is 5.46 Å². The van der Waals surface area contributed by atoms with Crippen LogP contribution in [0.25, 0.3) is 0 Å². The van der Waals surface area contributed by atoms with Gasteiger partial charge >= 0.3 is 7.27 Å². The lowest BCUT2D eigenvalue weighted by Crippen LogP contribution is -2.32. The maximum absolute atomic E-state index is 13.2. The van der Waals surface area contributed by atoms with E-state index in [0.29, 0.717) is 0 Å². The van der Waals surface area contributed by atoms with Gasteiger partial charge in [0.1, 0.15) is 0 Å².